The molecule has 2 aromatic carbocycles. The van der Waals surface area contributed by atoms with Crippen molar-refractivity contribution in [3.8, 4) is 11.3 Å². The highest BCUT2D eigenvalue weighted by atomic mass is 35.5. The number of nitrogens with two attached hydrogens (primary N) is 2. The number of benzene rings is 2. The molecule has 1 atom stereocenters. The van der Waals surface area contributed by atoms with E-state index in [2.05, 4.69) is 39.1 Å². The lowest BCUT2D eigenvalue weighted by Gasteiger charge is -2.42. The lowest BCUT2D eigenvalue weighted by Crippen LogP contribution is -2.44. The molecule has 1 saturated heterocycles. The first-order valence-electron chi connectivity index (χ1n) is 10.1. The Morgan fingerprint density at radius 2 is 1.80 bits per heavy atom. The third-order valence-corrected chi connectivity index (χ3v) is 7.49. The highest BCUT2D eigenvalue weighted by molar-refractivity contribution is 6.43. The van der Waals surface area contributed by atoms with Crippen LogP contribution < -0.4 is 16.4 Å². The number of nitrogen functional groups attached to an aromatic ring is 1. The second-order valence-corrected chi connectivity index (χ2v) is 9.05. The van der Waals surface area contributed by atoms with Crippen LogP contribution in [0.5, 0.6) is 0 Å². The van der Waals surface area contributed by atoms with E-state index in [0.717, 1.165) is 38.2 Å². The molecule has 1 aromatic heterocycles. The van der Waals surface area contributed by atoms with E-state index in [1.165, 1.54) is 11.1 Å². The normalized spacial score (nSPS) is 19.8. The van der Waals surface area contributed by atoms with Crippen LogP contribution in [0.3, 0.4) is 0 Å². The molecule has 4 N–H and O–H groups in total. The molecular weight excluding hydrogens is 417 g/mol. The van der Waals surface area contributed by atoms with Gasteiger partial charge in [0.25, 0.3) is 0 Å². The summed E-state index contributed by atoms with van der Waals surface area (Å²) in [6.45, 7) is 1.76. The van der Waals surface area contributed by atoms with Crippen molar-refractivity contribution < 1.29 is 0 Å². The maximum Gasteiger partial charge on any atom is 0.152 e. The third kappa shape index (κ3) is 3.13. The predicted molar refractivity (Wildman–Crippen MR) is 123 cm³/mol. The van der Waals surface area contributed by atoms with Gasteiger partial charge in [0, 0.05) is 24.7 Å². The standard InChI is InChI=1S/C23H23Cl2N5/c24-17-7-3-6-16(19(17)25)20-22(27)29-18(13-28-20)30-10-8-23(9-11-30)12-14-4-1-2-5-15(14)21(23)26/h1-7,13,21H,8-12,26H2,(H2,27,29). The summed E-state index contributed by atoms with van der Waals surface area (Å²) in [5, 5.41) is 0.900. The van der Waals surface area contributed by atoms with Crippen LogP contribution in [-0.2, 0) is 6.42 Å². The summed E-state index contributed by atoms with van der Waals surface area (Å²) in [4.78, 5) is 11.4. The van der Waals surface area contributed by atoms with E-state index < -0.39 is 0 Å². The maximum atomic E-state index is 6.69. The molecule has 154 valence electrons. The summed E-state index contributed by atoms with van der Waals surface area (Å²) in [5.74, 6) is 1.13. The minimum Gasteiger partial charge on any atom is -0.382 e. The average molecular weight is 440 g/mol. The van der Waals surface area contributed by atoms with Gasteiger partial charge in [-0.1, -0.05) is 59.6 Å². The zero-order valence-electron chi connectivity index (χ0n) is 16.5. The number of halogens is 2. The lowest BCUT2D eigenvalue weighted by atomic mass is 9.73. The summed E-state index contributed by atoms with van der Waals surface area (Å²) in [6.07, 6.45) is 4.86. The number of aromatic nitrogens is 2. The second kappa shape index (κ2) is 7.41. The van der Waals surface area contributed by atoms with E-state index in [-0.39, 0.29) is 11.5 Å². The SMILES string of the molecule is Nc1nc(N2CCC3(CC2)Cc2ccccc2C3N)cnc1-c1cccc(Cl)c1Cl. The van der Waals surface area contributed by atoms with Crippen molar-refractivity contribution in [2.45, 2.75) is 25.3 Å². The van der Waals surface area contributed by atoms with Gasteiger partial charge in [-0.2, -0.15) is 0 Å². The van der Waals surface area contributed by atoms with Crippen molar-refractivity contribution in [2.75, 3.05) is 23.7 Å². The highest BCUT2D eigenvalue weighted by Gasteiger charge is 2.45. The molecule has 0 radical (unpaired) electrons. The Hall–Kier alpha value is -2.34. The zero-order valence-corrected chi connectivity index (χ0v) is 18.0. The van der Waals surface area contributed by atoms with Crippen molar-refractivity contribution in [1.29, 1.82) is 0 Å². The van der Waals surface area contributed by atoms with Crippen LogP contribution in [0.2, 0.25) is 10.0 Å². The topological polar surface area (TPSA) is 81.1 Å². The molecule has 3 aromatic rings. The van der Waals surface area contributed by atoms with Crippen LogP contribution >= 0.6 is 23.2 Å². The van der Waals surface area contributed by atoms with Gasteiger partial charge in [-0.05, 0) is 41.9 Å². The smallest absolute Gasteiger partial charge is 0.152 e. The van der Waals surface area contributed by atoms with E-state index in [0.29, 0.717) is 27.1 Å². The minimum absolute atomic E-state index is 0.0966. The molecule has 2 heterocycles. The van der Waals surface area contributed by atoms with Gasteiger partial charge in [0.2, 0.25) is 0 Å². The summed E-state index contributed by atoms with van der Waals surface area (Å²) in [7, 11) is 0. The molecule has 5 rings (SSSR count). The number of piperidine rings is 1. The van der Waals surface area contributed by atoms with E-state index in [9.17, 15) is 0 Å². The molecule has 0 amide bonds. The quantitative estimate of drug-likeness (QED) is 0.594. The van der Waals surface area contributed by atoms with Gasteiger partial charge >= 0.3 is 0 Å². The number of rotatable bonds is 2. The van der Waals surface area contributed by atoms with E-state index in [1.807, 2.05) is 12.1 Å². The maximum absolute atomic E-state index is 6.69. The number of fused-ring (bicyclic) bond motifs is 1. The van der Waals surface area contributed by atoms with Crippen LogP contribution in [0.4, 0.5) is 11.6 Å². The Morgan fingerprint density at radius 3 is 2.53 bits per heavy atom. The number of nitrogens with zero attached hydrogens (tertiary/aromatic N) is 3. The summed E-state index contributed by atoms with van der Waals surface area (Å²) >= 11 is 12.5. The highest BCUT2D eigenvalue weighted by Crippen LogP contribution is 2.51. The molecule has 0 saturated carbocycles. The number of hydrogen-bond acceptors (Lipinski definition) is 5. The molecule has 1 aliphatic heterocycles. The zero-order chi connectivity index (χ0) is 20.9. The van der Waals surface area contributed by atoms with Gasteiger partial charge in [0.1, 0.15) is 11.5 Å². The Labute approximate surface area is 186 Å². The fourth-order valence-electron chi connectivity index (χ4n) is 4.93. The van der Waals surface area contributed by atoms with Crippen LogP contribution in [0.1, 0.15) is 30.0 Å². The fraction of sp³-hybridized carbons (Fsp3) is 0.304. The van der Waals surface area contributed by atoms with Gasteiger partial charge in [-0.3, -0.25) is 0 Å². The lowest BCUT2D eigenvalue weighted by molar-refractivity contribution is 0.187. The molecule has 1 aliphatic carbocycles. The van der Waals surface area contributed by atoms with Gasteiger partial charge in [-0.15, -0.1) is 0 Å². The number of anilines is 2. The van der Waals surface area contributed by atoms with Gasteiger partial charge in [0.05, 0.1) is 16.2 Å². The fourth-order valence-corrected chi connectivity index (χ4v) is 5.32. The summed E-state index contributed by atoms with van der Waals surface area (Å²) < 4.78 is 0. The first kappa shape index (κ1) is 19.6. The van der Waals surface area contributed by atoms with Crippen molar-refractivity contribution in [3.63, 3.8) is 0 Å². The van der Waals surface area contributed by atoms with Crippen LogP contribution in [0.15, 0.2) is 48.7 Å². The minimum atomic E-state index is 0.0966. The predicted octanol–water partition coefficient (Wildman–Crippen LogP) is 4.88. The van der Waals surface area contributed by atoms with E-state index in [1.54, 1.807) is 12.3 Å². The average Bonchev–Trinajstić information content (AvgIpc) is 3.02. The molecular formula is C23H23Cl2N5. The summed E-state index contributed by atoms with van der Waals surface area (Å²) in [6, 6.07) is 14.1. The van der Waals surface area contributed by atoms with E-state index >= 15 is 0 Å². The van der Waals surface area contributed by atoms with Crippen molar-refractivity contribution in [2.24, 2.45) is 11.1 Å². The van der Waals surface area contributed by atoms with Crippen LogP contribution in [0, 0.1) is 5.41 Å². The molecule has 1 unspecified atom stereocenters. The number of hydrogen-bond donors (Lipinski definition) is 2. The third-order valence-electron chi connectivity index (χ3n) is 6.67. The van der Waals surface area contributed by atoms with Gasteiger partial charge in [-0.25, -0.2) is 9.97 Å². The monoisotopic (exact) mass is 439 g/mol. The van der Waals surface area contributed by atoms with Gasteiger partial charge < -0.3 is 16.4 Å². The summed E-state index contributed by atoms with van der Waals surface area (Å²) in [5.41, 5.74) is 17.0. The molecule has 1 fully saturated rings. The Balaban J connectivity index is 1.35. The van der Waals surface area contributed by atoms with Crippen molar-refractivity contribution in [1.82, 2.24) is 9.97 Å². The Kier molecular flexibility index (Phi) is 4.85. The van der Waals surface area contributed by atoms with E-state index in [4.69, 9.17) is 34.7 Å². The molecule has 7 heteroatoms. The molecule has 30 heavy (non-hydrogen) atoms. The van der Waals surface area contributed by atoms with Crippen molar-refractivity contribution >= 4 is 34.8 Å². The Bertz CT molecular complexity index is 1110. The first-order chi connectivity index (χ1) is 14.5. The molecule has 0 bridgehead atoms. The first-order valence-corrected chi connectivity index (χ1v) is 10.9. The second-order valence-electron chi connectivity index (χ2n) is 8.27. The Morgan fingerprint density at radius 1 is 1.03 bits per heavy atom. The molecule has 2 aliphatic rings. The van der Waals surface area contributed by atoms with Crippen molar-refractivity contribution in [3.05, 3.63) is 69.8 Å². The largest absolute Gasteiger partial charge is 0.382 e. The molecule has 5 nitrogen and oxygen atoms in total. The van der Waals surface area contributed by atoms with Crippen LogP contribution in [0.25, 0.3) is 11.3 Å². The van der Waals surface area contributed by atoms with Gasteiger partial charge in [0.15, 0.2) is 5.82 Å². The van der Waals surface area contributed by atoms with Crippen LogP contribution in [-0.4, -0.2) is 23.1 Å². The molecule has 1 spiro atoms.